The lowest BCUT2D eigenvalue weighted by Crippen LogP contribution is -2.32. The molecule has 0 aliphatic heterocycles. The van der Waals surface area contributed by atoms with Crippen molar-refractivity contribution in [3.8, 4) is 6.07 Å². The predicted octanol–water partition coefficient (Wildman–Crippen LogP) is 0.724. The Balaban J connectivity index is 2.87. The highest BCUT2D eigenvalue weighted by Crippen LogP contribution is 2.15. The minimum Gasteiger partial charge on any atom is -0.480 e. The van der Waals surface area contributed by atoms with Gasteiger partial charge >= 0.3 is 5.97 Å². The Hall–Kier alpha value is -2.06. The Bertz CT molecular complexity index is 437. The second kappa shape index (κ2) is 5.14. The van der Waals surface area contributed by atoms with Crippen molar-refractivity contribution in [1.29, 1.82) is 5.26 Å². The van der Waals surface area contributed by atoms with Crippen molar-refractivity contribution < 1.29 is 15.0 Å². The lowest BCUT2D eigenvalue weighted by atomic mass is 10.1. The van der Waals surface area contributed by atoms with Crippen LogP contribution in [0.15, 0.2) is 18.2 Å². The molecule has 0 heterocycles. The maximum Gasteiger partial charge on any atom is 0.328 e. The Morgan fingerprint density at radius 3 is 2.75 bits per heavy atom. The molecule has 0 amide bonds. The molecule has 5 nitrogen and oxygen atoms in total. The fourth-order valence-corrected chi connectivity index (χ4v) is 1.27. The summed E-state index contributed by atoms with van der Waals surface area (Å²) in [5, 5.41) is 28.9. The molecule has 0 aliphatic carbocycles. The highest BCUT2D eigenvalue weighted by Gasteiger charge is 2.15. The van der Waals surface area contributed by atoms with E-state index in [1.165, 1.54) is 0 Å². The van der Waals surface area contributed by atoms with Gasteiger partial charge in [-0.3, -0.25) is 0 Å². The van der Waals surface area contributed by atoms with Crippen LogP contribution in [0.5, 0.6) is 0 Å². The zero-order chi connectivity index (χ0) is 12.1. The lowest BCUT2D eigenvalue weighted by molar-refractivity contribution is -0.138. The number of aliphatic hydroxyl groups is 1. The minimum absolute atomic E-state index is 0.492. The van der Waals surface area contributed by atoms with Crippen LogP contribution in [-0.4, -0.2) is 28.8 Å². The van der Waals surface area contributed by atoms with E-state index in [-0.39, 0.29) is 0 Å². The summed E-state index contributed by atoms with van der Waals surface area (Å²) < 4.78 is 0. The number of hydrogen-bond donors (Lipinski definition) is 3. The Morgan fingerprint density at radius 2 is 2.31 bits per heavy atom. The van der Waals surface area contributed by atoms with Crippen molar-refractivity contribution in [3.63, 3.8) is 0 Å². The van der Waals surface area contributed by atoms with Gasteiger partial charge in [-0.15, -0.1) is 0 Å². The summed E-state index contributed by atoms with van der Waals surface area (Å²) in [5.41, 5.74) is 1.87. The monoisotopic (exact) mass is 220 g/mol. The molecule has 0 radical (unpaired) electrons. The van der Waals surface area contributed by atoms with E-state index in [9.17, 15) is 4.79 Å². The van der Waals surface area contributed by atoms with Crippen molar-refractivity contribution in [2.45, 2.75) is 13.0 Å². The fraction of sp³-hybridized carbons (Fsp3) is 0.273. The van der Waals surface area contributed by atoms with E-state index in [2.05, 4.69) is 5.32 Å². The first kappa shape index (κ1) is 12.0. The number of benzene rings is 1. The van der Waals surface area contributed by atoms with E-state index >= 15 is 0 Å². The summed E-state index contributed by atoms with van der Waals surface area (Å²) in [6.45, 7) is 1.27. The number of aliphatic hydroxyl groups excluding tert-OH is 1. The molecule has 0 aromatic heterocycles. The number of carboxylic acid groups (broad SMARTS) is 1. The van der Waals surface area contributed by atoms with Gasteiger partial charge in [-0.05, 0) is 30.7 Å². The molecule has 3 N–H and O–H groups in total. The molecule has 0 saturated heterocycles. The molecule has 0 fully saturated rings. The average Bonchev–Trinajstić information content (AvgIpc) is 2.25. The smallest absolute Gasteiger partial charge is 0.328 e. The highest BCUT2D eigenvalue weighted by atomic mass is 16.4. The van der Waals surface area contributed by atoms with Crippen molar-refractivity contribution in [1.82, 2.24) is 0 Å². The van der Waals surface area contributed by atoms with Gasteiger partial charge in [0.25, 0.3) is 0 Å². The number of anilines is 1. The quantitative estimate of drug-likeness (QED) is 0.695. The topological polar surface area (TPSA) is 93.3 Å². The van der Waals surface area contributed by atoms with Gasteiger partial charge < -0.3 is 15.5 Å². The SMILES string of the molecule is Cc1cc(NC(CO)C(=O)O)ccc1C#N. The molecule has 1 unspecified atom stereocenters. The van der Waals surface area contributed by atoms with Crippen LogP contribution in [0, 0.1) is 18.3 Å². The van der Waals surface area contributed by atoms with Crippen molar-refractivity contribution >= 4 is 11.7 Å². The van der Waals surface area contributed by atoms with Crippen molar-refractivity contribution in [3.05, 3.63) is 29.3 Å². The number of nitriles is 1. The summed E-state index contributed by atoms with van der Waals surface area (Å²) >= 11 is 0. The van der Waals surface area contributed by atoms with Gasteiger partial charge in [0.05, 0.1) is 18.2 Å². The summed E-state index contributed by atoms with van der Waals surface area (Å²) in [6, 6.07) is 5.87. The number of carbonyl (C=O) groups is 1. The van der Waals surface area contributed by atoms with Crippen molar-refractivity contribution in [2.24, 2.45) is 0 Å². The molecule has 1 atom stereocenters. The molecule has 0 saturated carbocycles. The maximum atomic E-state index is 10.7. The third kappa shape index (κ3) is 2.72. The maximum absolute atomic E-state index is 10.7. The van der Waals surface area contributed by atoms with E-state index in [0.29, 0.717) is 11.3 Å². The Kier molecular flexibility index (Phi) is 3.86. The first-order chi connectivity index (χ1) is 7.58. The molecule has 0 bridgehead atoms. The van der Waals surface area contributed by atoms with Gasteiger partial charge in [-0.25, -0.2) is 4.79 Å². The number of rotatable bonds is 4. The number of nitrogens with zero attached hydrogens (tertiary/aromatic N) is 1. The predicted molar refractivity (Wildman–Crippen MR) is 58.0 cm³/mol. The van der Waals surface area contributed by atoms with E-state index in [0.717, 1.165) is 5.56 Å². The van der Waals surface area contributed by atoms with Crippen LogP contribution in [0.2, 0.25) is 0 Å². The van der Waals surface area contributed by atoms with Gasteiger partial charge in [0.15, 0.2) is 0 Å². The molecule has 1 aromatic carbocycles. The molecule has 0 aliphatic rings. The Morgan fingerprint density at radius 1 is 1.62 bits per heavy atom. The van der Waals surface area contributed by atoms with Crippen LogP contribution in [-0.2, 0) is 4.79 Å². The zero-order valence-corrected chi connectivity index (χ0v) is 8.77. The first-order valence-electron chi connectivity index (χ1n) is 4.69. The van der Waals surface area contributed by atoms with Crippen LogP contribution >= 0.6 is 0 Å². The third-order valence-electron chi connectivity index (χ3n) is 2.17. The molecule has 0 spiro atoms. The van der Waals surface area contributed by atoms with Gasteiger partial charge in [0.2, 0.25) is 0 Å². The summed E-state index contributed by atoms with van der Waals surface area (Å²) in [4.78, 5) is 10.7. The normalized spacial score (nSPS) is 11.6. The summed E-state index contributed by atoms with van der Waals surface area (Å²) in [5.74, 6) is -1.12. The number of hydrogen-bond acceptors (Lipinski definition) is 4. The molecule has 1 rings (SSSR count). The van der Waals surface area contributed by atoms with Crippen LogP contribution in [0.1, 0.15) is 11.1 Å². The highest BCUT2D eigenvalue weighted by molar-refractivity contribution is 5.77. The molecule has 5 heteroatoms. The minimum atomic E-state index is -1.12. The van der Waals surface area contributed by atoms with Gasteiger partial charge in [-0.2, -0.15) is 5.26 Å². The molecule has 1 aromatic rings. The summed E-state index contributed by atoms with van der Waals surface area (Å²) in [7, 11) is 0. The van der Waals surface area contributed by atoms with Crippen LogP contribution in [0.25, 0.3) is 0 Å². The van der Waals surface area contributed by atoms with Gasteiger partial charge in [0.1, 0.15) is 6.04 Å². The molecular formula is C11H12N2O3. The zero-order valence-electron chi connectivity index (χ0n) is 8.77. The van der Waals surface area contributed by atoms with Crippen LogP contribution < -0.4 is 5.32 Å². The standard InChI is InChI=1S/C11H12N2O3/c1-7-4-9(3-2-8(7)5-12)13-10(6-14)11(15)16/h2-4,10,13-14H,6H2,1H3,(H,15,16). The first-order valence-corrected chi connectivity index (χ1v) is 4.69. The number of carboxylic acids is 1. The van der Waals surface area contributed by atoms with Gasteiger partial charge in [0, 0.05) is 5.69 Å². The van der Waals surface area contributed by atoms with E-state index in [1.807, 2.05) is 6.07 Å². The number of aliphatic carboxylic acids is 1. The van der Waals surface area contributed by atoms with E-state index in [1.54, 1.807) is 25.1 Å². The number of nitrogens with one attached hydrogen (secondary N) is 1. The number of aryl methyl sites for hydroxylation is 1. The second-order valence-electron chi connectivity index (χ2n) is 3.36. The largest absolute Gasteiger partial charge is 0.480 e. The Labute approximate surface area is 92.9 Å². The van der Waals surface area contributed by atoms with Crippen molar-refractivity contribution in [2.75, 3.05) is 11.9 Å². The lowest BCUT2D eigenvalue weighted by Gasteiger charge is -2.13. The molecular weight excluding hydrogens is 208 g/mol. The second-order valence-corrected chi connectivity index (χ2v) is 3.36. The van der Waals surface area contributed by atoms with Crippen LogP contribution in [0.4, 0.5) is 5.69 Å². The molecule has 84 valence electrons. The van der Waals surface area contributed by atoms with E-state index < -0.39 is 18.6 Å². The van der Waals surface area contributed by atoms with E-state index in [4.69, 9.17) is 15.5 Å². The molecule has 16 heavy (non-hydrogen) atoms. The fourth-order valence-electron chi connectivity index (χ4n) is 1.27. The average molecular weight is 220 g/mol. The van der Waals surface area contributed by atoms with Crippen LogP contribution in [0.3, 0.4) is 0 Å². The van der Waals surface area contributed by atoms with Gasteiger partial charge in [-0.1, -0.05) is 0 Å². The third-order valence-corrected chi connectivity index (χ3v) is 2.17. The summed E-state index contributed by atoms with van der Waals surface area (Å²) in [6.07, 6.45) is 0.